The van der Waals surface area contributed by atoms with Crippen LogP contribution in [0.2, 0.25) is 0 Å². The summed E-state index contributed by atoms with van der Waals surface area (Å²) in [7, 11) is 1.55. The van der Waals surface area contributed by atoms with Gasteiger partial charge in [-0.05, 0) is 30.3 Å². The normalized spacial score (nSPS) is 15.8. The lowest BCUT2D eigenvalue weighted by atomic mass is 10.1. The number of aromatic nitrogens is 1. The van der Waals surface area contributed by atoms with Gasteiger partial charge in [0.05, 0.1) is 18.7 Å². The Morgan fingerprint density at radius 1 is 1.10 bits per heavy atom. The number of ether oxygens (including phenoxy) is 1. The molecular weight excluding hydrogens is 396 g/mol. The summed E-state index contributed by atoms with van der Waals surface area (Å²) in [5.74, 6) is -0.359. The first kappa shape index (κ1) is 20.5. The quantitative estimate of drug-likeness (QED) is 0.509. The number of aromatic amines is 1. The van der Waals surface area contributed by atoms with Crippen LogP contribution in [0.5, 0.6) is 5.75 Å². The Morgan fingerprint density at radius 2 is 1.90 bits per heavy atom. The number of para-hydroxylation sites is 2. The standard InChI is InChI=1S/C23H24N4O4/c1-31-20-8-3-2-7-19(20)27-14-15(13-21(27)28)22(29)25-11-12-26-23(30)17-5-4-6-18-16(17)9-10-24-18/h2-10,15,24H,11-14H2,1H3,(H,25,29)(H,26,30)/t15-/m1/s1. The number of anilines is 1. The summed E-state index contributed by atoms with van der Waals surface area (Å²) in [4.78, 5) is 42.1. The van der Waals surface area contributed by atoms with Gasteiger partial charge in [-0.3, -0.25) is 14.4 Å². The summed E-state index contributed by atoms with van der Waals surface area (Å²) < 4.78 is 5.33. The van der Waals surface area contributed by atoms with Gasteiger partial charge < -0.3 is 25.3 Å². The number of methoxy groups -OCH3 is 1. The van der Waals surface area contributed by atoms with E-state index in [4.69, 9.17) is 4.74 Å². The number of H-pyrrole nitrogens is 1. The molecule has 8 heteroatoms. The van der Waals surface area contributed by atoms with Crippen LogP contribution in [0.25, 0.3) is 10.9 Å². The summed E-state index contributed by atoms with van der Waals surface area (Å²) >= 11 is 0. The number of hydrogen-bond donors (Lipinski definition) is 3. The number of nitrogens with one attached hydrogen (secondary N) is 3. The zero-order valence-electron chi connectivity index (χ0n) is 17.2. The van der Waals surface area contributed by atoms with Crippen molar-refractivity contribution in [3.63, 3.8) is 0 Å². The Morgan fingerprint density at radius 3 is 2.74 bits per heavy atom. The van der Waals surface area contributed by atoms with Gasteiger partial charge in [0.1, 0.15) is 5.75 Å². The third-order valence-electron chi connectivity index (χ3n) is 5.42. The molecule has 2 aromatic carbocycles. The molecule has 1 atom stereocenters. The highest BCUT2D eigenvalue weighted by Crippen LogP contribution is 2.32. The van der Waals surface area contributed by atoms with Crippen molar-refractivity contribution in [1.29, 1.82) is 0 Å². The average molecular weight is 420 g/mol. The molecule has 1 aliphatic heterocycles. The maximum Gasteiger partial charge on any atom is 0.252 e. The summed E-state index contributed by atoms with van der Waals surface area (Å²) in [6.45, 7) is 0.877. The van der Waals surface area contributed by atoms with Gasteiger partial charge in [0.15, 0.2) is 0 Å². The Kier molecular flexibility index (Phi) is 5.88. The summed E-state index contributed by atoms with van der Waals surface area (Å²) in [5, 5.41) is 6.49. The van der Waals surface area contributed by atoms with Gasteiger partial charge in [-0.2, -0.15) is 0 Å². The molecule has 0 saturated carbocycles. The highest BCUT2D eigenvalue weighted by atomic mass is 16.5. The molecule has 1 aliphatic rings. The van der Waals surface area contributed by atoms with E-state index < -0.39 is 5.92 Å². The average Bonchev–Trinajstić information content (AvgIpc) is 3.42. The number of fused-ring (bicyclic) bond motifs is 1. The molecule has 8 nitrogen and oxygen atoms in total. The molecule has 0 unspecified atom stereocenters. The maximum absolute atomic E-state index is 12.5. The first-order valence-electron chi connectivity index (χ1n) is 10.1. The Bertz CT molecular complexity index is 1120. The molecule has 0 spiro atoms. The molecule has 1 fully saturated rings. The molecule has 1 aromatic heterocycles. The monoisotopic (exact) mass is 420 g/mol. The minimum atomic E-state index is -0.443. The fourth-order valence-corrected chi connectivity index (χ4v) is 3.85. The van der Waals surface area contributed by atoms with E-state index in [2.05, 4.69) is 15.6 Å². The summed E-state index contributed by atoms with van der Waals surface area (Å²) in [6, 6.07) is 14.6. The minimum Gasteiger partial charge on any atom is -0.495 e. The molecule has 1 saturated heterocycles. The Labute approximate surface area is 179 Å². The molecule has 4 rings (SSSR count). The van der Waals surface area contributed by atoms with Crippen molar-refractivity contribution in [1.82, 2.24) is 15.6 Å². The summed E-state index contributed by atoms with van der Waals surface area (Å²) in [5.41, 5.74) is 2.14. The van der Waals surface area contributed by atoms with Crippen molar-refractivity contribution in [2.75, 3.05) is 31.6 Å². The number of nitrogens with zero attached hydrogens (tertiary/aromatic N) is 1. The van der Waals surface area contributed by atoms with Crippen LogP contribution < -0.4 is 20.3 Å². The molecule has 0 bridgehead atoms. The van der Waals surface area contributed by atoms with Gasteiger partial charge in [0.2, 0.25) is 11.8 Å². The number of benzene rings is 2. The predicted molar refractivity (Wildman–Crippen MR) is 117 cm³/mol. The number of amides is 3. The van der Waals surface area contributed by atoms with Crippen molar-refractivity contribution in [3.05, 3.63) is 60.3 Å². The van der Waals surface area contributed by atoms with E-state index in [0.717, 1.165) is 10.9 Å². The number of carbonyl (C=O) groups excluding carboxylic acids is 3. The van der Waals surface area contributed by atoms with E-state index in [1.165, 1.54) is 0 Å². The Balaban J connectivity index is 1.28. The van der Waals surface area contributed by atoms with Gasteiger partial charge in [-0.1, -0.05) is 18.2 Å². The lowest BCUT2D eigenvalue weighted by Crippen LogP contribution is -2.38. The SMILES string of the molecule is COc1ccccc1N1C[C@H](C(=O)NCCNC(=O)c2cccc3[nH]ccc23)CC1=O. The van der Waals surface area contributed by atoms with E-state index in [9.17, 15) is 14.4 Å². The molecule has 0 aliphatic carbocycles. The van der Waals surface area contributed by atoms with E-state index in [0.29, 0.717) is 30.1 Å². The van der Waals surface area contributed by atoms with E-state index in [-0.39, 0.29) is 30.7 Å². The molecule has 3 N–H and O–H groups in total. The van der Waals surface area contributed by atoms with Crippen molar-refractivity contribution in [2.24, 2.45) is 5.92 Å². The zero-order chi connectivity index (χ0) is 21.8. The van der Waals surface area contributed by atoms with Gasteiger partial charge in [-0.15, -0.1) is 0 Å². The molecule has 0 radical (unpaired) electrons. The second kappa shape index (κ2) is 8.91. The van der Waals surface area contributed by atoms with Crippen molar-refractivity contribution in [2.45, 2.75) is 6.42 Å². The van der Waals surface area contributed by atoms with Crippen LogP contribution in [-0.2, 0) is 9.59 Å². The van der Waals surface area contributed by atoms with E-state index in [1.54, 1.807) is 36.4 Å². The predicted octanol–water partition coefficient (Wildman–Crippen LogP) is 2.08. The second-order valence-electron chi connectivity index (χ2n) is 7.37. The van der Waals surface area contributed by atoms with Crippen LogP contribution in [-0.4, -0.2) is 49.4 Å². The zero-order valence-corrected chi connectivity index (χ0v) is 17.2. The fourth-order valence-electron chi connectivity index (χ4n) is 3.85. The van der Waals surface area contributed by atoms with Crippen LogP contribution in [0, 0.1) is 5.92 Å². The Hall–Kier alpha value is -3.81. The highest BCUT2D eigenvalue weighted by molar-refractivity contribution is 6.06. The first-order chi connectivity index (χ1) is 15.1. The topological polar surface area (TPSA) is 104 Å². The lowest BCUT2D eigenvalue weighted by Gasteiger charge is -2.19. The highest BCUT2D eigenvalue weighted by Gasteiger charge is 2.36. The van der Waals surface area contributed by atoms with E-state index in [1.807, 2.05) is 30.3 Å². The lowest BCUT2D eigenvalue weighted by molar-refractivity contribution is -0.126. The minimum absolute atomic E-state index is 0.113. The molecule has 3 amide bonds. The van der Waals surface area contributed by atoms with Crippen LogP contribution in [0.3, 0.4) is 0 Å². The molecule has 3 aromatic rings. The van der Waals surface area contributed by atoms with Gasteiger partial charge in [0, 0.05) is 48.7 Å². The number of hydrogen-bond acceptors (Lipinski definition) is 4. The van der Waals surface area contributed by atoms with Gasteiger partial charge >= 0.3 is 0 Å². The molecule has 2 heterocycles. The molecular formula is C23H24N4O4. The summed E-state index contributed by atoms with van der Waals surface area (Å²) in [6.07, 6.45) is 1.94. The third kappa shape index (κ3) is 4.23. The van der Waals surface area contributed by atoms with Crippen LogP contribution in [0.1, 0.15) is 16.8 Å². The van der Waals surface area contributed by atoms with Crippen LogP contribution in [0.15, 0.2) is 54.7 Å². The number of rotatable bonds is 7. The van der Waals surface area contributed by atoms with Crippen LogP contribution >= 0.6 is 0 Å². The van der Waals surface area contributed by atoms with Crippen molar-refractivity contribution >= 4 is 34.3 Å². The van der Waals surface area contributed by atoms with Crippen LogP contribution in [0.4, 0.5) is 5.69 Å². The van der Waals surface area contributed by atoms with Gasteiger partial charge in [0.25, 0.3) is 5.91 Å². The second-order valence-corrected chi connectivity index (χ2v) is 7.37. The first-order valence-corrected chi connectivity index (χ1v) is 10.1. The molecule has 31 heavy (non-hydrogen) atoms. The van der Waals surface area contributed by atoms with Gasteiger partial charge in [-0.25, -0.2) is 0 Å². The third-order valence-corrected chi connectivity index (χ3v) is 5.42. The number of carbonyl (C=O) groups is 3. The smallest absolute Gasteiger partial charge is 0.252 e. The fraction of sp³-hybridized carbons (Fsp3) is 0.261. The van der Waals surface area contributed by atoms with Crippen molar-refractivity contribution < 1.29 is 19.1 Å². The molecule has 160 valence electrons. The maximum atomic E-state index is 12.5. The van der Waals surface area contributed by atoms with Crippen molar-refractivity contribution in [3.8, 4) is 5.75 Å². The van der Waals surface area contributed by atoms with E-state index >= 15 is 0 Å². The largest absolute Gasteiger partial charge is 0.495 e.